The monoisotopic (exact) mass is 140 g/mol. The molecule has 0 saturated heterocycles. The van der Waals surface area contributed by atoms with E-state index in [1.807, 2.05) is 0 Å². The number of hydrogen-bond acceptors (Lipinski definition) is 0. The molecule has 0 spiro atoms. The van der Waals surface area contributed by atoms with Crippen molar-refractivity contribution < 1.29 is 0 Å². The van der Waals surface area contributed by atoms with E-state index in [1.54, 1.807) is 0 Å². The number of rotatable bonds is 1. The highest BCUT2D eigenvalue weighted by atomic mass is 14.3. The van der Waals surface area contributed by atoms with Crippen molar-refractivity contribution >= 4 is 0 Å². The molecule has 0 aromatic rings. The Morgan fingerprint density at radius 3 is 1.90 bits per heavy atom. The lowest BCUT2D eigenvalue weighted by molar-refractivity contribution is 0.215. The van der Waals surface area contributed by atoms with Gasteiger partial charge in [-0.05, 0) is 37.0 Å². The molecule has 0 heteroatoms. The van der Waals surface area contributed by atoms with E-state index in [0.29, 0.717) is 0 Å². The van der Waals surface area contributed by atoms with Crippen molar-refractivity contribution in [1.29, 1.82) is 0 Å². The van der Waals surface area contributed by atoms with Gasteiger partial charge < -0.3 is 0 Å². The molecule has 60 valence electrons. The molecule has 1 aliphatic rings. The van der Waals surface area contributed by atoms with Crippen LogP contribution in [0.25, 0.3) is 0 Å². The van der Waals surface area contributed by atoms with Gasteiger partial charge in [-0.1, -0.05) is 27.2 Å². The fraction of sp³-hybridized carbons (Fsp3) is 1.00. The van der Waals surface area contributed by atoms with E-state index in [1.165, 1.54) is 25.7 Å². The molecule has 0 amide bonds. The minimum atomic E-state index is 0.994. The standard InChI is InChI=1S/C10H20/c1-4-10-6-8(2)5-9(3)7-10/h8-10H,4-7H2,1-3H3/t8-,9?,10?/m0/s1. The summed E-state index contributed by atoms with van der Waals surface area (Å²) in [6.07, 6.45) is 5.84. The van der Waals surface area contributed by atoms with Crippen LogP contribution in [0.2, 0.25) is 0 Å². The molecule has 0 aliphatic heterocycles. The number of hydrogen-bond donors (Lipinski definition) is 0. The molecule has 0 aromatic heterocycles. The van der Waals surface area contributed by atoms with Crippen molar-refractivity contribution in [3.05, 3.63) is 0 Å². The lowest BCUT2D eigenvalue weighted by Crippen LogP contribution is -2.18. The largest absolute Gasteiger partial charge is 0.0651 e. The molecule has 3 atom stereocenters. The van der Waals surface area contributed by atoms with E-state index < -0.39 is 0 Å². The molecule has 0 nitrogen and oxygen atoms in total. The molecular weight excluding hydrogens is 120 g/mol. The first-order chi connectivity index (χ1) is 4.72. The summed E-state index contributed by atoms with van der Waals surface area (Å²) < 4.78 is 0. The maximum Gasteiger partial charge on any atom is -0.0412 e. The first kappa shape index (κ1) is 8.10. The van der Waals surface area contributed by atoms with Crippen LogP contribution in [0.4, 0.5) is 0 Å². The van der Waals surface area contributed by atoms with Crippen molar-refractivity contribution in [2.75, 3.05) is 0 Å². The first-order valence-electron chi connectivity index (χ1n) is 4.72. The molecule has 1 rings (SSSR count). The lowest BCUT2D eigenvalue weighted by Gasteiger charge is -2.30. The molecule has 1 fully saturated rings. The molecule has 0 heterocycles. The van der Waals surface area contributed by atoms with Gasteiger partial charge in [-0.3, -0.25) is 0 Å². The van der Waals surface area contributed by atoms with Crippen LogP contribution in [0.15, 0.2) is 0 Å². The fourth-order valence-electron chi connectivity index (χ4n) is 2.45. The normalized spacial score (nSPS) is 41.7. The Hall–Kier alpha value is 0. The van der Waals surface area contributed by atoms with Gasteiger partial charge in [0.2, 0.25) is 0 Å². The topological polar surface area (TPSA) is 0 Å². The Morgan fingerprint density at radius 2 is 1.50 bits per heavy atom. The second kappa shape index (κ2) is 3.41. The molecule has 0 aromatic carbocycles. The first-order valence-corrected chi connectivity index (χ1v) is 4.72. The zero-order valence-corrected chi connectivity index (χ0v) is 7.56. The quantitative estimate of drug-likeness (QED) is 0.523. The van der Waals surface area contributed by atoms with Gasteiger partial charge in [0.15, 0.2) is 0 Å². The lowest BCUT2D eigenvalue weighted by atomic mass is 9.76. The van der Waals surface area contributed by atoms with Crippen LogP contribution in [0, 0.1) is 17.8 Å². The van der Waals surface area contributed by atoms with Crippen LogP contribution in [0.5, 0.6) is 0 Å². The summed E-state index contributed by atoms with van der Waals surface area (Å²) >= 11 is 0. The van der Waals surface area contributed by atoms with Gasteiger partial charge in [-0.2, -0.15) is 0 Å². The van der Waals surface area contributed by atoms with Crippen molar-refractivity contribution in [3.63, 3.8) is 0 Å². The van der Waals surface area contributed by atoms with Crippen LogP contribution in [0.3, 0.4) is 0 Å². The second-order valence-corrected chi connectivity index (χ2v) is 4.19. The highest BCUT2D eigenvalue weighted by Gasteiger charge is 2.21. The molecule has 1 aliphatic carbocycles. The maximum atomic E-state index is 2.40. The van der Waals surface area contributed by atoms with Crippen molar-refractivity contribution in [3.8, 4) is 0 Å². The van der Waals surface area contributed by atoms with E-state index >= 15 is 0 Å². The average Bonchev–Trinajstić information content (AvgIpc) is 1.85. The highest BCUT2D eigenvalue weighted by Crippen LogP contribution is 2.34. The van der Waals surface area contributed by atoms with Gasteiger partial charge >= 0.3 is 0 Å². The predicted octanol–water partition coefficient (Wildman–Crippen LogP) is 3.47. The molecule has 0 radical (unpaired) electrons. The summed E-state index contributed by atoms with van der Waals surface area (Å²) in [7, 11) is 0. The average molecular weight is 140 g/mol. The van der Waals surface area contributed by atoms with Gasteiger partial charge in [0, 0.05) is 0 Å². The Labute approximate surface area is 65.0 Å². The summed E-state index contributed by atoms with van der Waals surface area (Å²) in [4.78, 5) is 0. The Balaban J connectivity index is 2.35. The summed E-state index contributed by atoms with van der Waals surface area (Å²) in [6.45, 7) is 7.13. The van der Waals surface area contributed by atoms with Crippen molar-refractivity contribution in [1.82, 2.24) is 0 Å². The summed E-state index contributed by atoms with van der Waals surface area (Å²) in [5.41, 5.74) is 0. The predicted molar refractivity (Wildman–Crippen MR) is 46.0 cm³/mol. The van der Waals surface area contributed by atoms with Gasteiger partial charge in [-0.15, -0.1) is 0 Å². The van der Waals surface area contributed by atoms with E-state index in [2.05, 4.69) is 20.8 Å². The summed E-state index contributed by atoms with van der Waals surface area (Å²) in [5.74, 6) is 3.03. The van der Waals surface area contributed by atoms with E-state index in [-0.39, 0.29) is 0 Å². The van der Waals surface area contributed by atoms with E-state index in [0.717, 1.165) is 17.8 Å². The molecule has 2 unspecified atom stereocenters. The summed E-state index contributed by atoms with van der Waals surface area (Å²) in [6, 6.07) is 0. The zero-order chi connectivity index (χ0) is 7.56. The Kier molecular flexibility index (Phi) is 2.76. The molecular formula is C10H20. The van der Waals surface area contributed by atoms with Gasteiger partial charge in [0.1, 0.15) is 0 Å². The smallest absolute Gasteiger partial charge is 0.0412 e. The minimum Gasteiger partial charge on any atom is -0.0651 e. The van der Waals surface area contributed by atoms with Gasteiger partial charge in [0.05, 0.1) is 0 Å². The molecule has 0 N–H and O–H groups in total. The molecule has 10 heavy (non-hydrogen) atoms. The molecule has 0 bridgehead atoms. The van der Waals surface area contributed by atoms with Crippen LogP contribution in [-0.4, -0.2) is 0 Å². The molecule has 1 saturated carbocycles. The Morgan fingerprint density at radius 1 is 1.00 bits per heavy atom. The van der Waals surface area contributed by atoms with Crippen molar-refractivity contribution in [2.45, 2.75) is 46.5 Å². The Bertz CT molecular complexity index is 86.2. The fourth-order valence-corrected chi connectivity index (χ4v) is 2.45. The van der Waals surface area contributed by atoms with Gasteiger partial charge in [-0.25, -0.2) is 0 Å². The van der Waals surface area contributed by atoms with Gasteiger partial charge in [0.25, 0.3) is 0 Å². The van der Waals surface area contributed by atoms with Crippen molar-refractivity contribution in [2.24, 2.45) is 17.8 Å². The van der Waals surface area contributed by atoms with Crippen LogP contribution in [-0.2, 0) is 0 Å². The van der Waals surface area contributed by atoms with E-state index in [4.69, 9.17) is 0 Å². The highest BCUT2D eigenvalue weighted by molar-refractivity contribution is 4.73. The third-order valence-corrected chi connectivity index (χ3v) is 2.85. The minimum absolute atomic E-state index is 0.994. The SMILES string of the molecule is CCC1CC(C)C[C@H](C)C1. The summed E-state index contributed by atoms with van der Waals surface area (Å²) in [5, 5.41) is 0. The van der Waals surface area contributed by atoms with Crippen LogP contribution >= 0.6 is 0 Å². The zero-order valence-electron chi connectivity index (χ0n) is 7.56. The third kappa shape index (κ3) is 2.00. The maximum absolute atomic E-state index is 2.40. The third-order valence-electron chi connectivity index (χ3n) is 2.85. The van der Waals surface area contributed by atoms with Crippen LogP contribution in [0.1, 0.15) is 46.5 Å². The van der Waals surface area contributed by atoms with Crippen LogP contribution < -0.4 is 0 Å². The van der Waals surface area contributed by atoms with E-state index in [9.17, 15) is 0 Å². The second-order valence-electron chi connectivity index (χ2n) is 4.19.